The van der Waals surface area contributed by atoms with Gasteiger partial charge in [-0.2, -0.15) is 0 Å². The van der Waals surface area contributed by atoms with E-state index in [4.69, 9.17) is 32.0 Å². The second-order valence-corrected chi connectivity index (χ2v) is 11.2. The van der Waals surface area contributed by atoms with Crippen LogP contribution in [0.1, 0.15) is 25.5 Å². The quantitative estimate of drug-likeness (QED) is 0.161. The van der Waals surface area contributed by atoms with Crippen molar-refractivity contribution >= 4 is 74.2 Å². The van der Waals surface area contributed by atoms with Gasteiger partial charge in [0, 0.05) is 23.0 Å². The summed E-state index contributed by atoms with van der Waals surface area (Å²) in [7, 11) is -1.79. The standard InChI is InChI=1S/C18H17ClN4O10S2/c1-5(15(27)28)33-22-10(11-12(19)34-17(20)21-11)8(24)3-7-13(26)23-14(7)35(31)4-6-2-9(25)32-18(6,23)16(29)30/h5-7,14H,2-4H2,1H3,(H2,20,21)(H,27,28)(H,29,30)/b22-10+/t5-,6+,7-,14-,18-,35-/m1/s1. The first-order chi connectivity index (χ1) is 16.4. The number of aliphatic carboxylic acids is 2. The number of carbonyl (C=O) groups excluding carboxylic acids is 3. The minimum atomic E-state index is -2.28. The summed E-state index contributed by atoms with van der Waals surface area (Å²) >= 11 is 6.89. The summed E-state index contributed by atoms with van der Waals surface area (Å²) in [4.78, 5) is 70.6. The van der Waals surface area contributed by atoms with Crippen molar-refractivity contribution in [1.82, 2.24) is 9.88 Å². The fourth-order valence-electron chi connectivity index (χ4n) is 4.20. The smallest absolute Gasteiger partial charge is 0.370 e. The zero-order valence-electron chi connectivity index (χ0n) is 17.7. The Bertz CT molecular complexity index is 1220. The molecule has 188 valence electrons. The first-order valence-corrected chi connectivity index (χ1v) is 12.5. The molecule has 4 heterocycles. The van der Waals surface area contributed by atoms with Crippen molar-refractivity contribution in [3.8, 4) is 0 Å². The number of carboxylic acids is 2. The van der Waals surface area contributed by atoms with Crippen LogP contribution in [-0.4, -0.2) is 82.6 Å². The summed E-state index contributed by atoms with van der Waals surface area (Å²) in [5, 5.41) is 21.2. The van der Waals surface area contributed by atoms with Crippen LogP contribution in [0.15, 0.2) is 5.16 Å². The van der Waals surface area contributed by atoms with Crippen molar-refractivity contribution < 1.29 is 48.0 Å². The van der Waals surface area contributed by atoms with E-state index in [1.807, 2.05) is 0 Å². The number of aromatic nitrogens is 1. The molecule has 6 atom stereocenters. The topological polar surface area (TPSA) is 216 Å². The predicted molar refractivity (Wildman–Crippen MR) is 118 cm³/mol. The molecule has 0 aromatic carbocycles. The van der Waals surface area contributed by atoms with Crippen molar-refractivity contribution in [2.75, 3.05) is 11.5 Å². The highest BCUT2D eigenvalue weighted by Gasteiger charge is 2.72. The molecule has 3 fully saturated rings. The molecule has 0 radical (unpaired) electrons. The van der Waals surface area contributed by atoms with Gasteiger partial charge in [0.05, 0.1) is 18.3 Å². The molecular formula is C18H17ClN4O10S2. The normalized spacial score (nSPS) is 30.6. The van der Waals surface area contributed by atoms with Crippen LogP contribution in [-0.2, 0) is 44.3 Å². The third kappa shape index (κ3) is 3.94. The molecule has 0 saturated carbocycles. The number of esters is 1. The number of amides is 1. The van der Waals surface area contributed by atoms with Gasteiger partial charge in [-0.3, -0.25) is 23.5 Å². The Kier molecular flexibility index (Phi) is 6.31. The molecule has 3 aliphatic rings. The Morgan fingerprint density at radius 3 is 2.69 bits per heavy atom. The van der Waals surface area contributed by atoms with Gasteiger partial charge < -0.3 is 25.5 Å². The molecule has 0 unspecified atom stereocenters. The monoisotopic (exact) mass is 548 g/mol. The summed E-state index contributed by atoms with van der Waals surface area (Å²) < 4.78 is 17.9. The lowest BCUT2D eigenvalue weighted by atomic mass is 9.84. The van der Waals surface area contributed by atoms with E-state index in [-0.39, 0.29) is 27.3 Å². The second kappa shape index (κ2) is 8.83. The number of anilines is 1. The highest BCUT2D eigenvalue weighted by atomic mass is 35.5. The lowest BCUT2D eigenvalue weighted by Crippen LogP contribution is -2.78. The molecule has 0 bridgehead atoms. The number of oxime groups is 1. The lowest BCUT2D eigenvalue weighted by Gasteiger charge is -2.56. The number of nitrogens with zero attached hydrogens (tertiary/aromatic N) is 3. The maximum absolute atomic E-state index is 13.1. The molecule has 4 N–H and O–H groups in total. The summed E-state index contributed by atoms with van der Waals surface area (Å²) in [6, 6.07) is 0. The van der Waals surface area contributed by atoms with Crippen LogP contribution in [0.4, 0.5) is 5.13 Å². The SMILES string of the molecule is C[C@@H](O/N=C(\C(=O)C[C@@H]1C(=O)N2[C@@H]1[S@](=O)C[C@@H]1CC(=O)O[C@@]12C(=O)O)c1nc(N)sc1Cl)C(=O)O. The van der Waals surface area contributed by atoms with E-state index in [1.54, 1.807) is 0 Å². The number of halogens is 1. The Morgan fingerprint density at radius 1 is 1.43 bits per heavy atom. The number of hydrogen-bond acceptors (Lipinski definition) is 12. The summed E-state index contributed by atoms with van der Waals surface area (Å²) in [6.45, 7) is 1.16. The van der Waals surface area contributed by atoms with Crippen LogP contribution in [0.5, 0.6) is 0 Å². The maximum atomic E-state index is 13.1. The van der Waals surface area contributed by atoms with E-state index in [2.05, 4.69) is 10.1 Å². The number of fused-ring (bicyclic) bond motifs is 3. The molecule has 4 rings (SSSR count). The Balaban J connectivity index is 1.62. The highest BCUT2D eigenvalue weighted by Crippen LogP contribution is 2.50. The highest BCUT2D eigenvalue weighted by molar-refractivity contribution is 7.85. The van der Waals surface area contributed by atoms with Crippen LogP contribution in [0.3, 0.4) is 0 Å². The summed E-state index contributed by atoms with van der Waals surface area (Å²) in [5.74, 6) is -7.92. The average Bonchev–Trinajstić information content (AvgIpc) is 3.28. The van der Waals surface area contributed by atoms with E-state index >= 15 is 0 Å². The number of thiazole rings is 1. The van der Waals surface area contributed by atoms with Crippen molar-refractivity contribution in [2.24, 2.45) is 17.0 Å². The number of carboxylic acid groups (broad SMARTS) is 2. The molecule has 1 aromatic rings. The van der Waals surface area contributed by atoms with E-state index in [9.17, 15) is 33.3 Å². The molecule has 1 amide bonds. The minimum absolute atomic E-state index is 0.0199. The van der Waals surface area contributed by atoms with E-state index in [1.165, 1.54) is 0 Å². The maximum Gasteiger partial charge on any atom is 0.370 e. The lowest BCUT2D eigenvalue weighted by molar-refractivity contribution is -0.220. The first kappa shape index (κ1) is 25.0. The van der Waals surface area contributed by atoms with Gasteiger partial charge >= 0.3 is 17.9 Å². The number of Topliss-reactive ketones (excluding diaryl/α,β-unsaturated/α-hetero) is 1. The number of ether oxygens (including phenoxy) is 1. The number of nitrogens with two attached hydrogens (primary N) is 1. The molecule has 3 aliphatic heterocycles. The summed E-state index contributed by atoms with van der Waals surface area (Å²) in [5.41, 5.74) is 2.62. The molecule has 14 nitrogen and oxygen atoms in total. The van der Waals surface area contributed by atoms with Crippen molar-refractivity contribution in [3.63, 3.8) is 0 Å². The van der Waals surface area contributed by atoms with Crippen molar-refractivity contribution in [1.29, 1.82) is 0 Å². The Morgan fingerprint density at radius 2 is 2.11 bits per heavy atom. The van der Waals surface area contributed by atoms with Crippen LogP contribution in [0.25, 0.3) is 0 Å². The number of carbonyl (C=O) groups is 5. The third-order valence-corrected chi connectivity index (χ3v) is 8.73. The Labute approximate surface area is 207 Å². The molecule has 1 aromatic heterocycles. The Hall–Kier alpha value is -3.11. The van der Waals surface area contributed by atoms with Gasteiger partial charge in [-0.1, -0.05) is 28.1 Å². The third-order valence-electron chi connectivity index (χ3n) is 5.83. The first-order valence-electron chi connectivity index (χ1n) is 9.96. The zero-order valence-corrected chi connectivity index (χ0v) is 20.1. The van der Waals surface area contributed by atoms with Crippen LogP contribution in [0.2, 0.25) is 4.34 Å². The van der Waals surface area contributed by atoms with Crippen molar-refractivity contribution in [2.45, 2.75) is 37.0 Å². The number of β-lactam (4-membered cyclic amide) rings is 1. The minimum Gasteiger partial charge on any atom is -0.478 e. The largest absolute Gasteiger partial charge is 0.478 e. The van der Waals surface area contributed by atoms with E-state index < -0.39 is 81.6 Å². The number of ketones is 1. The molecular weight excluding hydrogens is 532 g/mol. The van der Waals surface area contributed by atoms with Gasteiger partial charge in [-0.25, -0.2) is 14.6 Å². The van der Waals surface area contributed by atoms with Crippen LogP contribution >= 0.6 is 22.9 Å². The molecule has 0 spiro atoms. The fourth-order valence-corrected chi connectivity index (χ4v) is 7.14. The van der Waals surface area contributed by atoms with Crippen LogP contribution < -0.4 is 5.73 Å². The van der Waals surface area contributed by atoms with E-state index in [0.717, 1.165) is 23.2 Å². The van der Waals surface area contributed by atoms with Gasteiger partial charge in [0.1, 0.15) is 15.4 Å². The average molecular weight is 549 g/mol. The molecule has 3 saturated heterocycles. The zero-order chi connectivity index (χ0) is 25.8. The fraction of sp³-hybridized carbons (Fsp3) is 0.500. The molecule has 0 aliphatic carbocycles. The van der Waals surface area contributed by atoms with Gasteiger partial charge in [0.15, 0.2) is 16.6 Å². The number of hydrogen-bond donors (Lipinski definition) is 3. The summed E-state index contributed by atoms with van der Waals surface area (Å²) in [6.07, 6.45) is -2.35. The van der Waals surface area contributed by atoms with Gasteiger partial charge in [-0.05, 0) is 6.92 Å². The second-order valence-electron chi connectivity index (χ2n) is 7.96. The number of nitrogen functional groups attached to an aromatic ring is 1. The van der Waals surface area contributed by atoms with E-state index in [0.29, 0.717) is 0 Å². The molecule has 17 heteroatoms. The van der Waals surface area contributed by atoms with Crippen molar-refractivity contribution in [3.05, 3.63) is 10.0 Å². The molecule has 35 heavy (non-hydrogen) atoms. The predicted octanol–water partition coefficient (Wildman–Crippen LogP) is -0.577. The van der Waals surface area contributed by atoms with Gasteiger partial charge in [0.2, 0.25) is 12.0 Å². The van der Waals surface area contributed by atoms with Crippen LogP contribution in [0, 0.1) is 11.8 Å². The number of rotatable bonds is 8. The van der Waals surface area contributed by atoms with Gasteiger partial charge in [-0.15, -0.1) is 0 Å². The van der Waals surface area contributed by atoms with Gasteiger partial charge in [0.25, 0.3) is 5.72 Å².